The van der Waals surface area contributed by atoms with E-state index in [1.807, 2.05) is 26.8 Å². The molecule has 0 amide bonds. The predicted octanol–water partition coefficient (Wildman–Crippen LogP) is 1.57. The summed E-state index contributed by atoms with van der Waals surface area (Å²) in [7, 11) is -3.43. The molecule has 0 aliphatic carbocycles. The van der Waals surface area contributed by atoms with Crippen molar-refractivity contribution in [2.24, 2.45) is 0 Å². The number of fused-ring (bicyclic) bond motifs is 1. The van der Waals surface area contributed by atoms with E-state index in [0.29, 0.717) is 12.2 Å². The van der Waals surface area contributed by atoms with Gasteiger partial charge in [0.25, 0.3) is 0 Å². The van der Waals surface area contributed by atoms with Gasteiger partial charge in [-0.05, 0) is 32.4 Å². The van der Waals surface area contributed by atoms with E-state index >= 15 is 0 Å². The van der Waals surface area contributed by atoms with Crippen LogP contribution in [0.2, 0.25) is 0 Å². The van der Waals surface area contributed by atoms with Gasteiger partial charge in [0.05, 0.1) is 5.69 Å². The molecule has 0 radical (unpaired) electrons. The smallest absolute Gasteiger partial charge is 0.246 e. The maximum atomic E-state index is 12.3. The third-order valence-electron chi connectivity index (χ3n) is 2.74. The van der Waals surface area contributed by atoms with Gasteiger partial charge in [-0.15, -0.1) is 0 Å². The van der Waals surface area contributed by atoms with Crippen molar-refractivity contribution in [3.63, 3.8) is 0 Å². The van der Waals surface area contributed by atoms with Gasteiger partial charge in [0.1, 0.15) is 4.90 Å². The van der Waals surface area contributed by atoms with Gasteiger partial charge in [0, 0.05) is 12.1 Å². The van der Waals surface area contributed by atoms with Crippen LogP contribution in [-0.2, 0) is 16.6 Å². The summed E-state index contributed by atoms with van der Waals surface area (Å²) in [6.07, 6.45) is 0. The van der Waals surface area contributed by atoms with E-state index in [9.17, 15) is 8.42 Å². The van der Waals surface area contributed by atoms with Crippen LogP contribution in [0.5, 0.6) is 0 Å². The summed E-state index contributed by atoms with van der Waals surface area (Å²) >= 11 is 0. The Morgan fingerprint density at radius 2 is 1.94 bits per heavy atom. The maximum Gasteiger partial charge on any atom is 0.246 e. The monoisotopic (exact) mass is 240 g/mol. The number of nitrogens with zero attached hydrogens (tertiary/aromatic N) is 1. The molecule has 1 aliphatic rings. The van der Waals surface area contributed by atoms with Crippen molar-refractivity contribution < 1.29 is 8.42 Å². The third-order valence-corrected chi connectivity index (χ3v) is 5.01. The summed E-state index contributed by atoms with van der Waals surface area (Å²) in [6, 6.07) is 5.23. The van der Waals surface area contributed by atoms with E-state index in [0.717, 1.165) is 5.56 Å². The highest BCUT2D eigenvalue weighted by molar-refractivity contribution is 7.89. The SMILES string of the molecule is CC(C)(C)N1Cc2cccc(N)c2S1(=O)=O. The molecule has 0 spiro atoms. The zero-order chi connectivity index (χ0) is 12.1. The second kappa shape index (κ2) is 3.21. The van der Waals surface area contributed by atoms with E-state index < -0.39 is 15.6 Å². The lowest BCUT2D eigenvalue weighted by Gasteiger charge is -2.29. The van der Waals surface area contributed by atoms with Crippen molar-refractivity contribution in [3.8, 4) is 0 Å². The van der Waals surface area contributed by atoms with Gasteiger partial charge >= 0.3 is 0 Å². The zero-order valence-electron chi connectivity index (χ0n) is 9.69. The fourth-order valence-electron chi connectivity index (χ4n) is 1.99. The minimum absolute atomic E-state index is 0.282. The van der Waals surface area contributed by atoms with Crippen molar-refractivity contribution in [2.45, 2.75) is 37.8 Å². The van der Waals surface area contributed by atoms with E-state index in [2.05, 4.69) is 0 Å². The van der Waals surface area contributed by atoms with Crippen LogP contribution in [0.1, 0.15) is 26.3 Å². The van der Waals surface area contributed by atoms with Crippen LogP contribution in [0.4, 0.5) is 5.69 Å². The second-order valence-corrected chi connectivity index (χ2v) is 6.82. The second-order valence-electron chi connectivity index (χ2n) is 5.02. The molecule has 1 heterocycles. The highest BCUT2D eigenvalue weighted by Gasteiger charge is 2.42. The molecule has 0 saturated carbocycles. The zero-order valence-corrected chi connectivity index (χ0v) is 10.5. The fourth-order valence-corrected chi connectivity index (χ4v) is 4.07. The van der Waals surface area contributed by atoms with Crippen molar-refractivity contribution in [1.82, 2.24) is 4.31 Å². The molecular weight excluding hydrogens is 224 g/mol. The number of hydrogen-bond acceptors (Lipinski definition) is 3. The lowest BCUT2D eigenvalue weighted by molar-refractivity contribution is 0.252. The Balaban J connectivity index is 2.65. The fraction of sp³-hybridized carbons (Fsp3) is 0.455. The minimum Gasteiger partial charge on any atom is -0.398 e. The molecule has 2 N–H and O–H groups in total. The Kier molecular flexibility index (Phi) is 2.29. The van der Waals surface area contributed by atoms with Crippen LogP contribution in [-0.4, -0.2) is 18.3 Å². The van der Waals surface area contributed by atoms with Gasteiger partial charge < -0.3 is 5.73 Å². The summed E-state index contributed by atoms with van der Waals surface area (Å²) in [6.45, 7) is 6.05. The van der Waals surface area contributed by atoms with Gasteiger partial charge in [0.2, 0.25) is 10.0 Å². The number of sulfonamides is 1. The molecule has 1 aromatic rings. The number of hydrogen-bond donors (Lipinski definition) is 1. The number of rotatable bonds is 0. The Morgan fingerprint density at radius 1 is 1.31 bits per heavy atom. The number of benzene rings is 1. The van der Waals surface area contributed by atoms with E-state index in [4.69, 9.17) is 5.73 Å². The Hall–Kier alpha value is -1.07. The average molecular weight is 240 g/mol. The normalized spacial score (nSPS) is 19.7. The third kappa shape index (κ3) is 1.51. The number of nitrogens with two attached hydrogens (primary N) is 1. The molecule has 0 unspecified atom stereocenters. The van der Waals surface area contributed by atoms with Crippen molar-refractivity contribution in [3.05, 3.63) is 23.8 Å². The molecule has 0 fully saturated rings. The first kappa shape index (κ1) is 11.4. The van der Waals surface area contributed by atoms with E-state index in [1.54, 1.807) is 12.1 Å². The molecule has 0 bridgehead atoms. The Labute approximate surface area is 96.1 Å². The quantitative estimate of drug-likeness (QED) is 0.700. The summed E-state index contributed by atoms with van der Waals surface area (Å²) in [5.41, 5.74) is 6.45. The average Bonchev–Trinajstić information content (AvgIpc) is 2.38. The van der Waals surface area contributed by atoms with Crippen LogP contribution in [0, 0.1) is 0 Å². The van der Waals surface area contributed by atoms with Crippen LogP contribution < -0.4 is 5.73 Å². The van der Waals surface area contributed by atoms with Gasteiger partial charge in [-0.3, -0.25) is 0 Å². The molecule has 88 valence electrons. The maximum absolute atomic E-state index is 12.3. The summed E-state index contributed by atoms with van der Waals surface area (Å²) in [5, 5.41) is 0. The summed E-state index contributed by atoms with van der Waals surface area (Å²) in [5.74, 6) is 0. The molecule has 5 heteroatoms. The first-order valence-corrected chi connectivity index (χ1v) is 6.59. The van der Waals surface area contributed by atoms with Crippen molar-refractivity contribution in [1.29, 1.82) is 0 Å². The molecule has 0 saturated heterocycles. The lowest BCUT2D eigenvalue weighted by Crippen LogP contribution is -2.41. The Morgan fingerprint density at radius 3 is 2.44 bits per heavy atom. The molecule has 1 aliphatic heterocycles. The van der Waals surface area contributed by atoms with E-state index in [-0.39, 0.29) is 4.90 Å². The Bertz CT molecular complexity index is 529. The summed E-state index contributed by atoms with van der Waals surface area (Å²) in [4.78, 5) is 0.282. The standard InChI is InChI=1S/C11H16N2O2S/c1-11(2,3)13-7-8-5-4-6-9(12)10(8)16(13,14)15/h4-6H,7,12H2,1-3H3. The number of anilines is 1. The van der Waals surface area contributed by atoms with Crippen LogP contribution in [0.25, 0.3) is 0 Å². The molecule has 4 nitrogen and oxygen atoms in total. The molecule has 0 atom stereocenters. The molecule has 16 heavy (non-hydrogen) atoms. The van der Waals surface area contributed by atoms with E-state index in [1.165, 1.54) is 4.31 Å². The van der Waals surface area contributed by atoms with Crippen LogP contribution in [0.3, 0.4) is 0 Å². The minimum atomic E-state index is -3.43. The van der Waals surface area contributed by atoms with Gasteiger partial charge in [-0.25, -0.2) is 8.42 Å². The van der Waals surface area contributed by atoms with Gasteiger partial charge in [-0.1, -0.05) is 12.1 Å². The van der Waals surface area contributed by atoms with Crippen molar-refractivity contribution in [2.75, 3.05) is 5.73 Å². The van der Waals surface area contributed by atoms with Crippen molar-refractivity contribution >= 4 is 15.7 Å². The highest BCUT2D eigenvalue weighted by atomic mass is 32.2. The molecule has 2 rings (SSSR count). The van der Waals surface area contributed by atoms with Gasteiger partial charge in [-0.2, -0.15) is 4.31 Å². The largest absolute Gasteiger partial charge is 0.398 e. The first-order chi connectivity index (χ1) is 7.24. The van der Waals surface area contributed by atoms with Crippen LogP contribution in [0.15, 0.2) is 23.1 Å². The molecule has 1 aromatic carbocycles. The molecular formula is C11H16N2O2S. The number of nitrogen functional groups attached to an aromatic ring is 1. The summed E-state index contributed by atoms with van der Waals surface area (Å²) < 4.78 is 26.1. The highest BCUT2D eigenvalue weighted by Crippen LogP contribution is 2.38. The predicted molar refractivity (Wildman–Crippen MR) is 63.3 cm³/mol. The van der Waals surface area contributed by atoms with Gasteiger partial charge in [0.15, 0.2) is 0 Å². The topological polar surface area (TPSA) is 63.4 Å². The lowest BCUT2D eigenvalue weighted by atomic mass is 10.1. The first-order valence-electron chi connectivity index (χ1n) is 5.15. The van der Waals surface area contributed by atoms with Crippen LogP contribution >= 0.6 is 0 Å². The molecule has 0 aromatic heterocycles.